The van der Waals surface area contributed by atoms with E-state index in [1.54, 1.807) is 0 Å². The molecule has 0 aliphatic heterocycles. The van der Waals surface area contributed by atoms with Gasteiger partial charge in [0.2, 0.25) is 0 Å². The number of aromatic nitrogens is 1. The lowest BCUT2D eigenvalue weighted by Crippen LogP contribution is -2.06. The van der Waals surface area contributed by atoms with Gasteiger partial charge in [0.1, 0.15) is 5.82 Å². The van der Waals surface area contributed by atoms with E-state index in [0.29, 0.717) is 6.61 Å². The minimum Gasteiger partial charge on any atom is -0.377 e. The number of anilines is 1. The van der Waals surface area contributed by atoms with Crippen LogP contribution in [0.15, 0.2) is 30.3 Å². The Kier molecular flexibility index (Phi) is 4.16. The number of nitrogens with one attached hydrogen (secondary N) is 1. The van der Waals surface area contributed by atoms with E-state index in [9.17, 15) is 0 Å². The number of nitrogens with zero attached hydrogens (tertiary/aromatic N) is 1. The summed E-state index contributed by atoms with van der Waals surface area (Å²) in [6, 6.07) is 10.4. The molecule has 3 rings (SSSR count). The third-order valence-corrected chi connectivity index (χ3v) is 3.77. The van der Waals surface area contributed by atoms with E-state index in [1.807, 2.05) is 12.1 Å². The summed E-state index contributed by atoms with van der Waals surface area (Å²) in [5, 5.41) is 4.52. The van der Waals surface area contributed by atoms with Crippen LogP contribution in [0.5, 0.6) is 0 Å². The number of hydrogen-bond donors (Lipinski definition) is 1. The standard InChI is InChI=1S/C17H22N2O/c1-2-18-17-15(12-20-10-9-13-7-8-13)11-14-5-3-4-6-16(14)19-17/h3-6,11,13H,2,7-10,12H2,1H3,(H,18,19). The highest BCUT2D eigenvalue weighted by Gasteiger charge is 2.20. The molecule has 1 aliphatic carbocycles. The van der Waals surface area contributed by atoms with Gasteiger partial charge in [0, 0.05) is 24.1 Å². The number of rotatable bonds is 7. The Morgan fingerprint density at radius 1 is 1.30 bits per heavy atom. The molecular weight excluding hydrogens is 248 g/mol. The van der Waals surface area contributed by atoms with Gasteiger partial charge in [-0.05, 0) is 31.4 Å². The summed E-state index contributed by atoms with van der Waals surface area (Å²) in [4.78, 5) is 4.70. The number of fused-ring (bicyclic) bond motifs is 1. The van der Waals surface area contributed by atoms with Crippen LogP contribution in [0.4, 0.5) is 5.82 Å². The zero-order valence-electron chi connectivity index (χ0n) is 12.1. The quantitative estimate of drug-likeness (QED) is 0.773. The molecule has 3 nitrogen and oxygen atoms in total. The molecule has 1 N–H and O–H groups in total. The smallest absolute Gasteiger partial charge is 0.132 e. The molecule has 1 saturated carbocycles. The van der Waals surface area contributed by atoms with E-state index in [0.717, 1.165) is 36.0 Å². The Labute approximate surface area is 120 Å². The molecule has 0 saturated heterocycles. The molecule has 0 spiro atoms. The SMILES string of the molecule is CCNc1nc2ccccc2cc1COCCC1CC1. The highest BCUT2D eigenvalue weighted by Crippen LogP contribution is 2.32. The first-order valence-electron chi connectivity index (χ1n) is 7.57. The molecule has 2 aromatic rings. The van der Waals surface area contributed by atoms with E-state index >= 15 is 0 Å². The van der Waals surface area contributed by atoms with E-state index in [4.69, 9.17) is 9.72 Å². The fourth-order valence-electron chi connectivity index (χ4n) is 2.43. The van der Waals surface area contributed by atoms with Gasteiger partial charge in [-0.1, -0.05) is 31.0 Å². The van der Waals surface area contributed by atoms with Gasteiger partial charge in [0.25, 0.3) is 0 Å². The normalized spacial score (nSPS) is 14.7. The summed E-state index contributed by atoms with van der Waals surface area (Å²) in [6.45, 7) is 4.48. The van der Waals surface area contributed by atoms with Crippen molar-refractivity contribution in [3.63, 3.8) is 0 Å². The first-order valence-corrected chi connectivity index (χ1v) is 7.57. The van der Waals surface area contributed by atoms with Crippen molar-refractivity contribution in [2.75, 3.05) is 18.5 Å². The molecule has 1 aliphatic rings. The predicted octanol–water partition coefficient (Wildman–Crippen LogP) is 3.98. The molecule has 0 radical (unpaired) electrons. The fourth-order valence-corrected chi connectivity index (χ4v) is 2.43. The molecule has 1 aromatic carbocycles. The Hall–Kier alpha value is -1.61. The molecule has 3 heteroatoms. The van der Waals surface area contributed by atoms with Crippen molar-refractivity contribution in [2.24, 2.45) is 5.92 Å². The molecule has 1 heterocycles. The summed E-state index contributed by atoms with van der Waals surface area (Å²) in [5.74, 6) is 1.88. The molecule has 106 valence electrons. The minimum absolute atomic E-state index is 0.646. The van der Waals surface area contributed by atoms with Crippen LogP contribution in [0, 0.1) is 5.92 Å². The van der Waals surface area contributed by atoms with Crippen LogP contribution in [0.25, 0.3) is 10.9 Å². The van der Waals surface area contributed by atoms with Gasteiger partial charge in [-0.3, -0.25) is 0 Å². The van der Waals surface area contributed by atoms with E-state index in [-0.39, 0.29) is 0 Å². The van der Waals surface area contributed by atoms with E-state index < -0.39 is 0 Å². The fraction of sp³-hybridized carbons (Fsp3) is 0.471. The summed E-state index contributed by atoms with van der Waals surface area (Å²) in [6.07, 6.45) is 3.99. The second kappa shape index (κ2) is 6.23. The van der Waals surface area contributed by atoms with Crippen molar-refractivity contribution in [1.29, 1.82) is 0 Å². The van der Waals surface area contributed by atoms with Crippen molar-refractivity contribution in [3.05, 3.63) is 35.9 Å². The Morgan fingerprint density at radius 3 is 2.95 bits per heavy atom. The molecule has 20 heavy (non-hydrogen) atoms. The van der Waals surface area contributed by atoms with Crippen LogP contribution in [-0.4, -0.2) is 18.1 Å². The second-order valence-electron chi connectivity index (χ2n) is 5.50. The number of benzene rings is 1. The lowest BCUT2D eigenvalue weighted by atomic mass is 10.1. The number of pyridine rings is 1. The van der Waals surface area contributed by atoms with Crippen molar-refractivity contribution in [2.45, 2.75) is 32.8 Å². The zero-order chi connectivity index (χ0) is 13.8. The van der Waals surface area contributed by atoms with E-state index in [1.165, 1.54) is 24.6 Å². The third kappa shape index (κ3) is 3.28. The Bertz CT molecular complexity index is 578. The average Bonchev–Trinajstić information content (AvgIpc) is 3.28. The molecule has 1 fully saturated rings. The van der Waals surface area contributed by atoms with Crippen LogP contribution in [0.3, 0.4) is 0 Å². The van der Waals surface area contributed by atoms with Crippen LogP contribution in [0.2, 0.25) is 0 Å². The van der Waals surface area contributed by atoms with Gasteiger partial charge in [-0.2, -0.15) is 0 Å². The minimum atomic E-state index is 0.646. The molecule has 0 bridgehead atoms. The first kappa shape index (κ1) is 13.4. The highest BCUT2D eigenvalue weighted by molar-refractivity contribution is 5.81. The molecular formula is C17H22N2O. The number of para-hydroxylation sites is 1. The Balaban J connectivity index is 1.73. The monoisotopic (exact) mass is 270 g/mol. The van der Waals surface area contributed by atoms with Crippen molar-refractivity contribution in [1.82, 2.24) is 4.98 Å². The van der Waals surface area contributed by atoms with Crippen molar-refractivity contribution in [3.8, 4) is 0 Å². The average molecular weight is 270 g/mol. The Morgan fingerprint density at radius 2 is 2.15 bits per heavy atom. The van der Waals surface area contributed by atoms with Gasteiger partial charge < -0.3 is 10.1 Å². The zero-order valence-corrected chi connectivity index (χ0v) is 12.1. The topological polar surface area (TPSA) is 34.2 Å². The van der Waals surface area contributed by atoms with Crippen LogP contribution >= 0.6 is 0 Å². The predicted molar refractivity (Wildman–Crippen MR) is 82.9 cm³/mol. The lowest BCUT2D eigenvalue weighted by molar-refractivity contribution is 0.115. The van der Waals surface area contributed by atoms with Crippen molar-refractivity contribution >= 4 is 16.7 Å². The summed E-state index contributed by atoms with van der Waals surface area (Å²) < 4.78 is 5.83. The summed E-state index contributed by atoms with van der Waals surface area (Å²) in [7, 11) is 0. The first-order chi connectivity index (χ1) is 9.86. The maximum atomic E-state index is 5.83. The summed E-state index contributed by atoms with van der Waals surface area (Å²) >= 11 is 0. The number of hydrogen-bond acceptors (Lipinski definition) is 3. The molecule has 0 atom stereocenters. The van der Waals surface area contributed by atoms with Gasteiger partial charge in [-0.15, -0.1) is 0 Å². The second-order valence-corrected chi connectivity index (χ2v) is 5.50. The van der Waals surface area contributed by atoms with Crippen LogP contribution in [-0.2, 0) is 11.3 Å². The van der Waals surface area contributed by atoms with Gasteiger partial charge in [0.05, 0.1) is 12.1 Å². The number of ether oxygens (including phenoxy) is 1. The van der Waals surface area contributed by atoms with Gasteiger partial charge in [-0.25, -0.2) is 4.98 Å². The van der Waals surface area contributed by atoms with Crippen molar-refractivity contribution < 1.29 is 4.74 Å². The van der Waals surface area contributed by atoms with E-state index in [2.05, 4.69) is 30.4 Å². The van der Waals surface area contributed by atoms with Crippen LogP contribution in [0.1, 0.15) is 31.7 Å². The molecule has 0 unspecified atom stereocenters. The highest BCUT2D eigenvalue weighted by atomic mass is 16.5. The van der Waals surface area contributed by atoms with Gasteiger partial charge >= 0.3 is 0 Å². The summed E-state index contributed by atoms with van der Waals surface area (Å²) in [5.41, 5.74) is 2.19. The van der Waals surface area contributed by atoms with Gasteiger partial charge in [0.15, 0.2) is 0 Å². The molecule has 0 amide bonds. The van der Waals surface area contributed by atoms with Crippen LogP contribution < -0.4 is 5.32 Å². The maximum absolute atomic E-state index is 5.83. The largest absolute Gasteiger partial charge is 0.377 e. The third-order valence-electron chi connectivity index (χ3n) is 3.77. The molecule has 1 aromatic heterocycles. The maximum Gasteiger partial charge on any atom is 0.132 e. The lowest BCUT2D eigenvalue weighted by Gasteiger charge is -2.12.